The van der Waals surface area contributed by atoms with Gasteiger partial charge in [0.05, 0.1) is 6.54 Å². The number of nitrogens with zero attached hydrogens (tertiary/aromatic N) is 5. The standard InChI is InChI=1S/C18H25N7O/c1-24(13-17-21-10-7-15(19)22-17)14-5-4-11-25(12-8-14)18(26)23-16-6-2-3-9-20-16/h2-3,6-7,9-10,14H,4-5,8,11-13H2,1H3,(H2,19,21,22)(H,20,23,26)/t14-/m0/s1. The maximum absolute atomic E-state index is 12.5. The number of anilines is 2. The van der Waals surface area contributed by atoms with Gasteiger partial charge >= 0.3 is 6.03 Å². The van der Waals surface area contributed by atoms with Gasteiger partial charge in [0.2, 0.25) is 0 Å². The Morgan fingerprint density at radius 1 is 1.27 bits per heavy atom. The van der Waals surface area contributed by atoms with Crippen LogP contribution in [-0.2, 0) is 6.54 Å². The molecule has 0 saturated carbocycles. The maximum Gasteiger partial charge on any atom is 0.323 e. The third kappa shape index (κ3) is 4.89. The first kappa shape index (κ1) is 18.1. The van der Waals surface area contributed by atoms with Gasteiger partial charge in [-0.15, -0.1) is 0 Å². The number of pyridine rings is 1. The van der Waals surface area contributed by atoms with Crippen LogP contribution in [0.3, 0.4) is 0 Å². The Labute approximate surface area is 153 Å². The van der Waals surface area contributed by atoms with Gasteiger partial charge in [-0.3, -0.25) is 10.2 Å². The number of aromatic nitrogens is 3. The quantitative estimate of drug-likeness (QED) is 0.870. The number of rotatable bonds is 4. The lowest BCUT2D eigenvalue weighted by Crippen LogP contribution is -2.37. The minimum Gasteiger partial charge on any atom is -0.384 e. The van der Waals surface area contributed by atoms with E-state index in [0.29, 0.717) is 30.8 Å². The lowest BCUT2D eigenvalue weighted by atomic mass is 10.1. The molecule has 3 rings (SSSR count). The third-order valence-corrected chi connectivity index (χ3v) is 4.63. The average molecular weight is 355 g/mol. The van der Waals surface area contributed by atoms with E-state index in [9.17, 15) is 4.79 Å². The largest absolute Gasteiger partial charge is 0.384 e. The Balaban J connectivity index is 1.53. The molecular weight excluding hydrogens is 330 g/mol. The molecule has 0 bridgehead atoms. The first-order chi connectivity index (χ1) is 12.6. The molecule has 3 heterocycles. The molecule has 0 radical (unpaired) electrons. The fourth-order valence-corrected chi connectivity index (χ4v) is 3.19. The van der Waals surface area contributed by atoms with Crippen molar-refractivity contribution < 1.29 is 4.79 Å². The summed E-state index contributed by atoms with van der Waals surface area (Å²) in [7, 11) is 2.07. The summed E-state index contributed by atoms with van der Waals surface area (Å²) in [5.74, 6) is 1.79. The van der Waals surface area contributed by atoms with Crippen molar-refractivity contribution in [3.63, 3.8) is 0 Å². The van der Waals surface area contributed by atoms with Gasteiger partial charge in [-0.1, -0.05) is 6.07 Å². The Morgan fingerprint density at radius 2 is 2.15 bits per heavy atom. The molecule has 8 heteroatoms. The van der Waals surface area contributed by atoms with Crippen LogP contribution in [0.15, 0.2) is 36.7 Å². The van der Waals surface area contributed by atoms with E-state index in [1.807, 2.05) is 17.0 Å². The minimum atomic E-state index is -0.0915. The molecule has 1 saturated heterocycles. The van der Waals surface area contributed by atoms with Crippen LogP contribution in [0.2, 0.25) is 0 Å². The Kier molecular flexibility index (Phi) is 5.96. The molecule has 2 aromatic rings. The van der Waals surface area contributed by atoms with Gasteiger partial charge < -0.3 is 10.6 Å². The van der Waals surface area contributed by atoms with Gasteiger partial charge in [0.25, 0.3) is 0 Å². The highest BCUT2D eigenvalue weighted by Gasteiger charge is 2.23. The van der Waals surface area contributed by atoms with E-state index in [4.69, 9.17) is 5.73 Å². The predicted octanol–water partition coefficient (Wildman–Crippen LogP) is 1.97. The number of likely N-dealkylation sites (tertiary alicyclic amines) is 1. The van der Waals surface area contributed by atoms with Crippen molar-refractivity contribution in [1.82, 2.24) is 24.8 Å². The Bertz CT molecular complexity index is 724. The van der Waals surface area contributed by atoms with Gasteiger partial charge in [0.15, 0.2) is 0 Å². The topological polar surface area (TPSA) is 100 Å². The monoisotopic (exact) mass is 355 g/mol. The average Bonchev–Trinajstić information content (AvgIpc) is 2.89. The van der Waals surface area contributed by atoms with Crippen LogP contribution in [-0.4, -0.2) is 57.0 Å². The molecule has 1 atom stereocenters. The number of hydrogen-bond acceptors (Lipinski definition) is 6. The molecule has 2 aromatic heterocycles. The molecule has 2 amide bonds. The van der Waals surface area contributed by atoms with Crippen molar-refractivity contribution >= 4 is 17.7 Å². The van der Waals surface area contributed by atoms with Gasteiger partial charge in [0.1, 0.15) is 17.5 Å². The molecule has 1 aliphatic heterocycles. The van der Waals surface area contributed by atoms with E-state index in [1.54, 1.807) is 24.5 Å². The molecule has 138 valence electrons. The van der Waals surface area contributed by atoms with Gasteiger partial charge in [-0.2, -0.15) is 0 Å². The number of hydrogen-bond donors (Lipinski definition) is 2. The third-order valence-electron chi connectivity index (χ3n) is 4.63. The van der Waals surface area contributed by atoms with Gasteiger partial charge in [0, 0.05) is 31.5 Å². The van der Waals surface area contributed by atoms with Crippen LogP contribution >= 0.6 is 0 Å². The van der Waals surface area contributed by atoms with Crippen LogP contribution in [0, 0.1) is 0 Å². The van der Waals surface area contributed by atoms with E-state index < -0.39 is 0 Å². The van der Waals surface area contributed by atoms with Gasteiger partial charge in [-0.05, 0) is 44.5 Å². The molecule has 8 nitrogen and oxygen atoms in total. The molecule has 0 unspecified atom stereocenters. The second kappa shape index (κ2) is 8.57. The number of nitrogen functional groups attached to an aromatic ring is 1. The fraction of sp³-hybridized carbons (Fsp3) is 0.444. The zero-order chi connectivity index (χ0) is 18.4. The smallest absolute Gasteiger partial charge is 0.323 e. The number of carbonyl (C=O) groups excluding carboxylic acids is 1. The van der Waals surface area contributed by atoms with Crippen LogP contribution in [0.4, 0.5) is 16.4 Å². The van der Waals surface area contributed by atoms with Crippen LogP contribution in [0.1, 0.15) is 25.1 Å². The fourth-order valence-electron chi connectivity index (χ4n) is 3.19. The number of amides is 2. The second-order valence-electron chi connectivity index (χ2n) is 6.53. The zero-order valence-electron chi connectivity index (χ0n) is 15.0. The van der Waals surface area contributed by atoms with Crippen molar-refractivity contribution in [2.45, 2.75) is 31.8 Å². The maximum atomic E-state index is 12.5. The van der Waals surface area contributed by atoms with E-state index >= 15 is 0 Å². The Hall–Kier alpha value is -2.74. The summed E-state index contributed by atoms with van der Waals surface area (Å²) in [6.45, 7) is 2.11. The number of nitrogens with one attached hydrogen (secondary N) is 1. The van der Waals surface area contributed by atoms with Crippen molar-refractivity contribution in [3.05, 3.63) is 42.5 Å². The summed E-state index contributed by atoms with van der Waals surface area (Å²) >= 11 is 0. The summed E-state index contributed by atoms with van der Waals surface area (Å²) in [5, 5.41) is 2.86. The highest BCUT2D eigenvalue weighted by atomic mass is 16.2. The predicted molar refractivity (Wildman–Crippen MR) is 100 cm³/mol. The molecule has 26 heavy (non-hydrogen) atoms. The summed E-state index contributed by atoms with van der Waals surface area (Å²) < 4.78 is 0. The van der Waals surface area contributed by atoms with Crippen molar-refractivity contribution in [3.8, 4) is 0 Å². The van der Waals surface area contributed by atoms with Crippen LogP contribution < -0.4 is 11.1 Å². The van der Waals surface area contributed by atoms with E-state index in [0.717, 1.165) is 31.6 Å². The van der Waals surface area contributed by atoms with Crippen molar-refractivity contribution in [2.24, 2.45) is 0 Å². The van der Waals surface area contributed by atoms with E-state index in [1.165, 1.54) is 0 Å². The number of urea groups is 1. The lowest BCUT2D eigenvalue weighted by Gasteiger charge is -2.26. The molecule has 0 aromatic carbocycles. The number of carbonyl (C=O) groups is 1. The molecule has 1 fully saturated rings. The molecule has 0 spiro atoms. The minimum absolute atomic E-state index is 0.0915. The highest BCUT2D eigenvalue weighted by Crippen LogP contribution is 2.18. The van der Waals surface area contributed by atoms with Crippen molar-refractivity contribution in [2.75, 3.05) is 31.2 Å². The van der Waals surface area contributed by atoms with Crippen molar-refractivity contribution in [1.29, 1.82) is 0 Å². The second-order valence-corrected chi connectivity index (χ2v) is 6.53. The highest BCUT2D eigenvalue weighted by molar-refractivity contribution is 5.88. The van der Waals surface area contributed by atoms with Crippen LogP contribution in [0.25, 0.3) is 0 Å². The first-order valence-electron chi connectivity index (χ1n) is 8.86. The molecule has 3 N–H and O–H groups in total. The van der Waals surface area contributed by atoms with Crippen LogP contribution in [0.5, 0.6) is 0 Å². The summed E-state index contributed by atoms with van der Waals surface area (Å²) in [6, 6.07) is 7.45. The summed E-state index contributed by atoms with van der Waals surface area (Å²) in [4.78, 5) is 29.2. The summed E-state index contributed by atoms with van der Waals surface area (Å²) in [6.07, 6.45) is 6.26. The zero-order valence-corrected chi connectivity index (χ0v) is 15.0. The molecule has 0 aliphatic carbocycles. The SMILES string of the molecule is CN(Cc1nccc(N)n1)[C@H]1CCCN(C(=O)Nc2ccccn2)CC1. The van der Waals surface area contributed by atoms with E-state index in [2.05, 4.69) is 32.2 Å². The molecule has 1 aliphatic rings. The first-order valence-corrected chi connectivity index (χ1v) is 8.86. The summed E-state index contributed by atoms with van der Waals surface area (Å²) in [5.41, 5.74) is 5.73. The molecular formula is C18H25N7O. The number of nitrogens with two attached hydrogens (primary N) is 1. The lowest BCUT2D eigenvalue weighted by molar-refractivity contribution is 0.199. The normalized spacial score (nSPS) is 17.8. The Morgan fingerprint density at radius 3 is 2.92 bits per heavy atom. The van der Waals surface area contributed by atoms with E-state index in [-0.39, 0.29) is 6.03 Å². The van der Waals surface area contributed by atoms with Gasteiger partial charge in [-0.25, -0.2) is 19.7 Å².